The Bertz CT molecular complexity index is 1020. The molecular formula is C19H20N6O2. The highest BCUT2D eigenvalue weighted by atomic mass is 16.2. The third-order valence-corrected chi connectivity index (χ3v) is 4.67. The van der Waals surface area contributed by atoms with Crippen molar-refractivity contribution < 1.29 is 4.79 Å². The van der Waals surface area contributed by atoms with Gasteiger partial charge in [0.15, 0.2) is 0 Å². The number of H-pyrrole nitrogens is 2. The van der Waals surface area contributed by atoms with Crippen LogP contribution in [0.1, 0.15) is 40.8 Å². The molecule has 0 unspecified atom stereocenters. The molecule has 0 atom stereocenters. The van der Waals surface area contributed by atoms with Crippen molar-refractivity contribution in [3.8, 4) is 11.4 Å². The highest BCUT2D eigenvalue weighted by Crippen LogP contribution is 2.19. The molecule has 27 heavy (non-hydrogen) atoms. The first-order valence-corrected chi connectivity index (χ1v) is 9.01. The Morgan fingerprint density at radius 1 is 1.37 bits per heavy atom. The van der Waals surface area contributed by atoms with Gasteiger partial charge in [-0.2, -0.15) is 5.10 Å². The number of carbonyl (C=O) groups excluding carboxylic acids is 1. The van der Waals surface area contributed by atoms with E-state index in [-0.39, 0.29) is 11.5 Å². The van der Waals surface area contributed by atoms with E-state index in [0.717, 1.165) is 24.1 Å². The fourth-order valence-electron chi connectivity index (χ4n) is 3.28. The Hall–Kier alpha value is -3.29. The fourth-order valence-corrected chi connectivity index (χ4v) is 3.28. The standard InChI is InChI=1S/C19H20N6O2/c1-2-4-13-9-15(24-23-13)19(27)25-8-6-14-16(11-25)21-17(22-18(14)26)12-5-3-7-20-10-12/h3,5,7,9-10H,2,4,6,8,11H2,1H3,(H,23,24)(H,21,22,26). The monoisotopic (exact) mass is 364 g/mol. The largest absolute Gasteiger partial charge is 0.331 e. The quantitative estimate of drug-likeness (QED) is 0.733. The van der Waals surface area contributed by atoms with E-state index in [4.69, 9.17) is 0 Å². The summed E-state index contributed by atoms with van der Waals surface area (Å²) in [6.07, 6.45) is 5.63. The predicted molar refractivity (Wildman–Crippen MR) is 99.1 cm³/mol. The first-order chi connectivity index (χ1) is 13.2. The second-order valence-electron chi connectivity index (χ2n) is 6.59. The third kappa shape index (κ3) is 3.38. The van der Waals surface area contributed by atoms with E-state index < -0.39 is 0 Å². The number of nitrogens with zero attached hydrogens (tertiary/aromatic N) is 4. The Morgan fingerprint density at radius 2 is 2.26 bits per heavy atom. The summed E-state index contributed by atoms with van der Waals surface area (Å²) in [5, 5.41) is 7.05. The average molecular weight is 364 g/mol. The van der Waals surface area contributed by atoms with Gasteiger partial charge in [-0.3, -0.25) is 19.7 Å². The number of nitrogens with one attached hydrogen (secondary N) is 2. The molecular weight excluding hydrogens is 344 g/mol. The lowest BCUT2D eigenvalue weighted by Gasteiger charge is -2.27. The molecule has 0 saturated carbocycles. The van der Waals surface area contributed by atoms with Crippen molar-refractivity contribution in [1.82, 2.24) is 30.0 Å². The van der Waals surface area contributed by atoms with E-state index in [0.29, 0.717) is 42.3 Å². The molecule has 1 aliphatic heterocycles. The van der Waals surface area contributed by atoms with Crippen LogP contribution in [0.3, 0.4) is 0 Å². The highest BCUT2D eigenvalue weighted by molar-refractivity contribution is 5.92. The molecule has 0 spiro atoms. The summed E-state index contributed by atoms with van der Waals surface area (Å²) < 4.78 is 0. The van der Waals surface area contributed by atoms with Crippen molar-refractivity contribution in [3.05, 3.63) is 63.6 Å². The van der Waals surface area contributed by atoms with Gasteiger partial charge in [0.1, 0.15) is 11.5 Å². The lowest BCUT2D eigenvalue weighted by Crippen LogP contribution is -2.39. The second-order valence-corrected chi connectivity index (χ2v) is 6.59. The summed E-state index contributed by atoms with van der Waals surface area (Å²) in [6.45, 7) is 2.84. The third-order valence-electron chi connectivity index (χ3n) is 4.67. The molecule has 0 radical (unpaired) electrons. The van der Waals surface area contributed by atoms with E-state index in [1.54, 1.807) is 29.4 Å². The van der Waals surface area contributed by atoms with Gasteiger partial charge in [-0.05, 0) is 31.0 Å². The van der Waals surface area contributed by atoms with E-state index >= 15 is 0 Å². The lowest BCUT2D eigenvalue weighted by atomic mass is 10.1. The van der Waals surface area contributed by atoms with Gasteiger partial charge in [-0.25, -0.2) is 4.98 Å². The summed E-state index contributed by atoms with van der Waals surface area (Å²) in [7, 11) is 0. The minimum atomic E-state index is -0.157. The van der Waals surface area contributed by atoms with Crippen LogP contribution in [0.15, 0.2) is 35.4 Å². The molecule has 4 rings (SSSR count). The van der Waals surface area contributed by atoms with Gasteiger partial charge < -0.3 is 9.88 Å². The minimum absolute atomic E-state index is 0.149. The van der Waals surface area contributed by atoms with Crippen LogP contribution in [0.2, 0.25) is 0 Å². The van der Waals surface area contributed by atoms with Gasteiger partial charge >= 0.3 is 0 Å². The molecule has 3 aromatic rings. The number of aromatic amines is 2. The first kappa shape index (κ1) is 17.1. The lowest BCUT2D eigenvalue weighted by molar-refractivity contribution is 0.0725. The fraction of sp³-hybridized carbons (Fsp3) is 0.316. The molecule has 3 aromatic heterocycles. The molecule has 2 N–H and O–H groups in total. The van der Waals surface area contributed by atoms with E-state index in [9.17, 15) is 9.59 Å². The van der Waals surface area contributed by atoms with E-state index in [2.05, 4.69) is 32.1 Å². The minimum Gasteiger partial charge on any atom is -0.331 e. The van der Waals surface area contributed by atoms with Crippen LogP contribution in [0.25, 0.3) is 11.4 Å². The zero-order valence-electron chi connectivity index (χ0n) is 15.0. The zero-order valence-corrected chi connectivity index (χ0v) is 15.0. The molecule has 8 heteroatoms. The van der Waals surface area contributed by atoms with Gasteiger partial charge in [0.05, 0.1) is 12.2 Å². The first-order valence-electron chi connectivity index (χ1n) is 9.01. The topological polar surface area (TPSA) is 108 Å². The predicted octanol–water partition coefficient (Wildman–Crippen LogP) is 1.71. The van der Waals surface area contributed by atoms with Crippen LogP contribution < -0.4 is 5.56 Å². The summed E-state index contributed by atoms with van der Waals surface area (Å²) in [4.78, 5) is 38.4. The molecule has 4 heterocycles. The number of hydrogen-bond acceptors (Lipinski definition) is 5. The Kier molecular flexibility index (Phi) is 4.53. The van der Waals surface area contributed by atoms with E-state index in [1.807, 2.05) is 6.07 Å². The van der Waals surface area contributed by atoms with Crippen molar-refractivity contribution in [2.75, 3.05) is 6.54 Å². The number of fused-ring (bicyclic) bond motifs is 1. The number of aryl methyl sites for hydroxylation is 1. The number of amides is 1. The van der Waals surface area contributed by atoms with Gasteiger partial charge in [-0.1, -0.05) is 13.3 Å². The number of rotatable bonds is 4. The van der Waals surface area contributed by atoms with Crippen LogP contribution in [-0.2, 0) is 19.4 Å². The molecule has 1 amide bonds. The Labute approximate surface area is 155 Å². The smallest absolute Gasteiger partial charge is 0.274 e. The summed E-state index contributed by atoms with van der Waals surface area (Å²) in [6, 6.07) is 5.42. The second kappa shape index (κ2) is 7.14. The van der Waals surface area contributed by atoms with Gasteiger partial charge in [0, 0.05) is 35.8 Å². The molecule has 0 aromatic carbocycles. The summed E-state index contributed by atoms with van der Waals surface area (Å²) in [5.74, 6) is 0.315. The van der Waals surface area contributed by atoms with Crippen LogP contribution >= 0.6 is 0 Å². The van der Waals surface area contributed by atoms with Gasteiger partial charge in [0.2, 0.25) is 0 Å². The molecule has 0 saturated heterocycles. The maximum atomic E-state index is 12.8. The molecule has 1 aliphatic rings. The van der Waals surface area contributed by atoms with Crippen molar-refractivity contribution >= 4 is 5.91 Å². The number of hydrogen-bond donors (Lipinski definition) is 2. The number of pyridine rings is 1. The van der Waals surface area contributed by atoms with Crippen LogP contribution in [0.5, 0.6) is 0 Å². The van der Waals surface area contributed by atoms with Crippen molar-refractivity contribution in [1.29, 1.82) is 0 Å². The molecule has 0 fully saturated rings. The maximum Gasteiger partial charge on any atom is 0.274 e. The molecule has 8 nitrogen and oxygen atoms in total. The maximum absolute atomic E-state index is 12.8. The van der Waals surface area contributed by atoms with Gasteiger partial charge in [-0.15, -0.1) is 0 Å². The van der Waals surface area contributed by atoms with E-state index in [1.165, 1.54) is 0 Å². The average Bonchev–Trinajstić information content (AvgIpc) is 3.16. The van der Waals surface area contributed by atoms with Crippen LogP contribution in [0, 0.1) is 0 Å². The van der Waals surface area contributed by atoms with Crippen molar-refractivity contribution in [3.63, 3.8) is 0 Å². The summed E-state index contributed by atoms with van der Waals surface area (Å²) in [5.41, 5.74) is 3.20. The molecule has 0 aliphatic carbocycles. The SMILES string of the molecule is CCCc1cc(C(=O)N2CCc3c(nc(-c4cccnc4)[nH]c3=O)C2)n[nH]1. The van der Waals surface area contributed by atoms with Crippen LogP contribution in [0.4, 0.5) is 0 Å². The van der Waals surface area contributed by atoms with Gasteiger partial charge in [0.25, 0.3) is 11.5 Å². The highest BCUT2D eigenvalue weighted by Gasteiger charge is 2.26. The van der Waals surface area contributed by atoms with Crippen LogP contribution in [-0.4, -0.2) is 42.5 Å². The van der Waals surface area contributed by atoms with Crippen molar-refractivity contribution in [2.45, 2.75) is 32.7 Å². The summed E-state index contributed by atoms with van der Waals surface area (Å²) >= 11 is 0. The molecule has 0 bridgehead atoms. The Morgan fingerprint density at radius 3 is 3.04 bits per heavy atom. The Balaban J connectivity index is 1.61. The zero-order chi connectivity index (χ0) is 18.8. The number of carbonyl (C=O) groups is 1. The molecule has 138 valence electrons. The number of aromatic nitrogens is 5. The normalized spacial score (nSPS) is 13.4. The van der Waals surface area contributed by atoms with Crippen molar-refractivity contribution in [2.24, 2.45) is 0 Å².